The van der Waals surface area contributed by atoms with E-state index in [4.69, 9.17) is 5.11 Å². The molecule has 1 aromatic carbocycles. The Labute approximate surface area is 110 Å². The molecule has 0 saturated heterocycles. The fraction of sp³-hybridized carbons (Fsp3) is 0.571. The minimum Gasteiger partial charge on any atom is -0.392 e. The van der Waals surface area contributed by atoms with Crippen LogP contribution < -0.4 is 5.32 Å². The van der Waals surface area contributed by atoms with Crippen LogP contribution >= 0.6 is 0 Å². The molecule has 2 nitrogen and oxygen atoms in total. The van der Waals surface area contributed by atoms with Crippen LogP contribution in [-0.4, -0.2) is 17.3 Å². The molecule has 19 heavy (non-hydrogen) atoms. The largest absolute Gasteiger partial charge is 0.393 e. The second-order valence-electron chi connectivity index (χ2n) is 5.04. The zero-order valence-electron chi connectivity index (χ0n) is 10.6. The van der Waals surface area contributed by atoms with Crippen LogP contribution in [0.15, 0.2) is 24.3 Å². The van der Waals surface area contributed by atoms with Crippen molar-refractivity contribution in [3.63, 3.8) is 0 Å². The van der Waals surface area contributed by atoms with Crippen molar-refractivity contribution in [2.45, 2.75) is 44.5 Å². The summed E-state index contributed by atoms with van der Waals surface area (Å²) in [6, 6.07) is 6.35. The van der Waals surface area contributed by atoms with Gasteiger partial charge in [-0.15, -0.1) is 0 Å². The van der Waals surface area contributed by atoms with Crippen molar-refractivity contribution in [2.24, 2.45) is 5.92 Å². The molecular formula is C14H18F3NO. The van der Waals surface area contributed by atoms with E-state index < -0.39 is 18.1 Å². The standard InChI is InChI=1S/C14H18F3NO/c15-14(16,17)12-6-1-2-7-13(12)18-11-5-3-4-10(8-11)9-19/h3-5,8,12-13,18-19H,1-2,6-7,9H2. The van der Waals surface area contributed by atoms with Crippen molar-refractivity contribution in [1.29, 1.82) is 0 Å². The predicted molar refractivity (Wildman–Crippen MR) is 67.8 cm³/mol. The van der Waals surface area contributed by atoms with Gasteiger partial charge in [-0.2, -0.15) is 13.2 Å². The van der Waals surface area contributed by atoms with Crippen molar-refractivity contribution < 1.29 is 18.3 Å². The molecule has 0 amide bonds. The summed E-state index contributed by atoms with van der Waals surface area (Å²) in [4.78, 5) is 0. The summed E-state index contributed by atoms with van der Waals surface area (Å²) in [6.45, 7) is -0.108. The smallest absolute Gasteiger partial charge is 0.392 e. The van der Waals surface area contributed by atoms with E-state index in [9.17, 15) is 13.2 Å². The molecule has 5 heteroatoms. The summed E-state index contributed by atoms with van der Waals surface area (Å²) in [5.74, 6) is -1.28. The van der Waals surface area contributed by atoms with Crippen LogP contribution in [0.25, 0.3) is 0 Å². The van der Waals surface area contributed by atoms with Gasteiger partial charge in [0.25, 0.3) is 0 Å². The number of nitrogens with one attached hydrogen (secondary N) is 1. The zero-order chi connectivity index (χ0) is 13.9. The third-order valence-electron chi connectivity index (χ3n) is 3.65. The Bertz CT molecular complexity index is 419. The van der Waals surface area contributed by atoms with E-state index in [0.717, 1.165) is 6.42 Å². The lowest BCUT2D eigenvalue weighted by atomic mass is 9.84. The molecule has 1 aliphatic carbocycles. The molecule has 2 atom stereocenters. The average Bonchev–Trinajstić information content (AvgIpc) is 2.38. The summed E-state index contributed by atoms with van der Waals surface area (Å²) in [6.07, 6.45) is -1.95. The highest BCUT2D eigenvalue weighted by Crippen LogP contribution is 2.39. The highest BCUT2D eigenvalue weighted by atomic mass is 19.4. The third-order valence-corrected chi connectivity index (χ3v) is 3.65. The quantitative estimate of drug-likeness (QED) is 0.880. The third kappa shape index (κ3) is 3.62. The number of hydrogen-bond donors (Lipinski definition) is 2. The molecule has 0 bridgehead atoms. The fourth-order valence-electron chi connectivity index (χ4n) is 2.67. The molecule has 2 unspecified atom stereocenters. The van der Waals surface area contributed by atoms with Crippen LogP contribution in [-0.2, 0) is 6.61 Å². The summed E-state index contributed by atoms with van der Waals surface area (Å²) in [5.41, 5.74) is 1.34. The molecule has 1 saturated carbocycles. The topological polar surface area (TPSA) is 32.3 Å². The van der Waals surface area contributed by atoms with Gasteiger partial charge in [0.05, 0.1) is 12.5 Å². The van der Waals surface area contributed by atoms with Gasteiger partial charge in [-0.05, 0) is 30.5 Å². The monoisotopic (exact) mass is 273 g/mol. The van der Waals surface area contributed by atoms with Crippen LogP contribution in [0.4, 0.5) is 18.9 Å². The van der Waals surface area contributed by atoms with Gasteiger partial charge in [-0.1, -0.05) is 25.0 Å². The second-order valence-corrected chi connectivity index (χ2v) is 5.04. The van der Waals surface area contributed by atoms with Crippen molar-refractivity contribution in [3.05, 3.63) is 29.8 Å². The molecule has 1 aliphatic rings. The number of aliphatic hydroxyl groups is 1. The maximum Gasteiger partial charge on any atom is 0.393 e. The summed E-state index contributed by atoms with van der Waals surface area (Å²) in [7, 11) is 0. The van der Waals surface area contributed by atoms with E-state index >= 15 is 0 Å². The normalized spacial score (nSPS) is 24.2. The lowest BCUT2D eigenvalue weighted by Crippen LogP contribution is -2.41. The summed E-state index contributed by atoms with van der Waals surface area (Å²) >= 11 is 0. The van der Waals surface area contributed by atoms with E-state index in [1.54, 1.807) is 24.3 Å². The van der Waals surface area contributed by atoms with E-state index in [-0.39, 0.29) is 13.0 Å². The molecular weight excluding hydrogens is 255 g/mol. The fourth-order valence-corrected chi connectivity index (χ4v) is 2.67. The highest BCUT2D eigenvalue weighted by molar-refractivity contribution is 5.46. The van der Waals surface area contributed by atoms with Crippen LogP contribution in [0.3, 0.4) is 0 Å². The minimum atomic E-state index is -4.15. The van der Waals surface area contributed by atoms with E-state index in [2.05, 4.69) is 5.32 Å². The maximum atomic E-state index is 13.0. The second kappa shape index (κ2) is 5.82. The number of rotatable bonds is 3. The van der Waals surface area contributed by atoms with E-state index in [1.165, 1.54) is 0 Å². The van der Waals surface area contributed by atoms with Gasteiger partial charge in [-0.3, -0.25) is 0 Å². The van der Waals surface area contributed by atoms with Crippen molar-refractivity contribution in [3.8, 4) is 0 Å². The average molecular weight is 273 g/mol. The van der Waals surface area contributed by atoms with E-state index in [1.807, 2.05) is 0 Å². The highest BCUT2D eigenvalue weighted by Gasteiger charge is 2.45. The number of aliphatic hydroxyl groups excluding tert-OH is 1. The number of benzene rings is 1. The van der Waals surface area contributed by atoms with Crippen LogP contribution in [0, 0.1) is 5.92 Å². The Balaban J connectivity index is 2.10. The van der Waals surface area contributed by atoms with Gasteiger partial charge in [-0.25, -0.2) is 0 Å². The Hall–Kier alpha value is -1.23. The van der Waals surface area contributed by atoms with Crippen molar-refractivity contribution in [1.82, 2.24) is 0 Å². The molecule has 1 fully saturated rings. The Morgan fingerprint density at radius 3 is 2.63 bits per heavy atom. The molecule has 0 aliphatic heterocycles. The van der Waals surface area contributed by atoms with Gasteiger partial charge in [0.15, 0.2) is 0 Å². The first-order chi connectivity index (χ1) is 9.00. The first-order valence-electron chi connectivity index (χ1n) is 6.54. The SMILES string of the molecule is OCc1cccc(NC2CCCCC2C(F)(F)F)c1. The van der Waals surface area contributed by atoms with Crippen LogP contribution in [0.1, 0.15) is 31.2 Å². The van der Waals surface area contributed by atoms with Crippen LogP contribution in [0.5, 0.6) is 0 Å². The number of halogens is 3. The molecule has 0 spiro atoms. The number of anilines is 1. The zero-order valence-corrected chi connectivity index (χ0v) is 10.6. The molecule has 106 valence electrons. The van der Waals surface area contributed by atoms with Gasteiger partial charge >= 0.3 is 6.18 Å². The van der Waals surface area contributed by atoms with Gasteiger partial charge in [0.1, 0.15) is 0 Å². The van der Waals surface area contributed by atoms with Gasteiger partial charge in [0.2, 0.25) is 0 Å². The molecule has 0 radical (unpaired) electrons. The first kappa shape index (κ1) is 14.2. The predicted octanol–water partition coefficient (Wildman–Crippen LogP) is 3.71. The maximum absolute atomic E-state index is 13.0. The number of hydrogen-bond acceptors (Lipinski definition) is 2. The summed E-state index contributed by atoms with van der Waals surface area (Å²) in [5, 5.41) is 12.0. The molecule has 2 N–H and O–H groups in total. The van der Waals surface area contributed by atoms with Gasteiger partial charge < -0.3 is 10.4 Å². The lowest BCUT2D eigenvalue weighted by Gasteiger charge is -2.34. The van der Waals surface area contributed by atoms with E-state index in [0.29, 0.717) is 24.1 Å². The Morgan fingerprint density at radius 2 is 1.95 bits per heavy atom. The van der Waals surface area contributed by atoms with Gasteiger partial charge in [0, 0.05) is 11.7 Å². The number of alkyl halides is 3. The summed E-state index contributed by atoms with van der Waals surface area (Å²) < 4.78 is 38.9. The minimum absolute atomic E-state index is 0.108. The van der Waals surface area contributed by atoms with Crippen molar-refractivity contribution in [2.75, 3.05) is 5.32 Å². The Kier molecular flexibility index (Phi) is 4.34. The lowest BCUT2D eigenvalue weighted by molar-refractivity contribution is -0.184. The Morgan fingerprint density at radius 1 is 1.21 bits per heavy atom. The molecule has 0 heterocycles. The molecule has 0 aromatic heterocycles. The molecule has 1 aromatic rings. The first-order valence-corrected chi connectivity index (χ1v) is 6.54. The molecule has 2 rings (SSSR count). The van der Waals surface area contributed by atoms with Crippen molar-refractivity contribution >= 4 is 5.69 Å². The van der Waals surface area contributed by atoms with Crippen LogP contribution in [0.2, 0.25) is 0 Å².